The third-order valence-corrected chi connectivity index (χ3v) is 7.82. The number of carbonyl (C=O) groups is 3. The molecule has 0 radical (unpaired) electrons. The van der Waals surface area contributed by atoms with Crippen LogP contribution in [0.4, 0.5) is 0 Å². The number of Topliss-reactive ketones (excluding diaryl/α,β-unsaturated/α-hetero) is 2. The molecular formula is C27H26ClNO9. The highest BCUT2D eigenvalue weighted by atomic mass is 35.5. The molecule has 0 aromatic heterocycles. The number of benzene rings is 2. The molecule has 2 heterocycles. The molecule has 0 bridgehead atoms. The number of carbonyl (C=O) groups excluding carboxylic acids is 3. The number of ketones is 2. The first-order valence-electron chi connectivity index (χ1n) is 11.8. The number of allylic oxidation sites excluding steroid dienone is 1. The Hall–Kier alpha value is -3.92. The van der Waals surface area contributed by atoms with Crippen LogP contribution in [0.25, 0.3) is 0 Å². The van der Waals surface area contributed by atoms with E-state index in [0.717, 1.165) is 0 Å². The van der Waals surface area contributed by atoms with E-state index < -0.39 is 29.0 Å². The quantitative estimate of drug-likeness (QED) is 0.544. The number of methoxy groups -OCH3 is 4. The third kappa shape index (κ3) is 3.43. The maximum atomic E-state index is 14.4. The van der Waals surface area contributed by atoms with Crippen molar-refractivity contribution in [2.45, 2.75) is 31.3 Å². The normalized spacial score (nSPS) is 24.0. The zero-order chi connectivity index (χ0) is 27.5. The van der Waals surface area contributed by atoms with E-state index in [1.54, 1.807) is 19.1 Å². The highest BCUT2D eigenvalue weighted by Gasteiger charge is 2.63. The maximum Gasteiger partial charge on any atom is 0.236 e. The van der Waals surface area contributed by atoms with Gasteiger partial charge in [0.1, 0.15) is 22.1 Å². The third-order valence-electron chi connectivity index (χ3n) is 7.46. The lowest BCUT2D eigenvalue weighted by atomic mass is 9.66. The van der Waals surface area contributed by atoms with Crippen LogP contribution in [0.15, 0.2) is 29.5 Å². The van der Waals surface area contributed by atoms with Crippen LogP contribution >= 0.6 is 11.6 Å². The van der Waals surface area contributed by atoms with E-state index in [1.807, 2.05) is 0 Å². The number of phenolic OH excluding ortho intramolecular Hbond substituents is 1. The van der Waals surface area contributed by atoms with Crippen molar-refractivity contribution in [2.75, 3.05) is 28.4 Å². The maximum absolute atomic E-state index is 14.4. The van der Waals surface area contributed by atoms with Crippen molar-refractivity contribution in [3.63, 3.8) is 0 Å². The molecule has 11 heteroatoms. The van der Waals surface area contributed by atoms with E-state index in [-0.39, 0.29) is 69.4 Å². The molecule has 2 N–H and O–H groups in total. The molecule has 1 spiro atoms. The number of halogens is 1. The summed E-state index contributed by atoms with van der Waals surface area (Å²) in [5.41, 5.74) is -0.705. The molecule has 2 aliphatic heterocycles. The number of aromatic hydroxyl groups is 1. The number of ether oxygens (including phenoxy) is 5. The van der Waals surface area contributed by atoms with Crippen molar-refractivity contribution in [1.82, 2.24) is 5.32 Å². The van der Waals surface area contributed by atoms with Crippen LogP contribution in [-0.2, 0) is 9.59 Å². The Morgan fingerprint density at radius 3 is 2.11 bits per heavy atom. The Bertz CT molecular complexity index is 1410. The SMILES string of the molecule is COc1cc(C2CC(=O)NC3=C2C(=O)[C@@]2(Oc4c(Cl)c(OC)cc(OC)c4C2=O)[C@H](C)C3)cc(OC)c1O. The van der Waals surface area contributed by atoms with Crippen molar-refractivity contribution >= 4 is 29.1 Å². The molecule has 10 nitrogen and oxygen atoms in total. The molecule has 1 aliphatic carbocycles. The van der Waals surface area contributed by atoms with Gasteiger partial charge in [-0.1, -0.05) is 18.5 Å². The molecular weight excluding hydrogens is 518 g/mol. The minimum absolute atomic E-state index is 0.0153. The van der Waals surface area contributed by atoms with Crippen LogP contribution < -0.4 is 29.0 Å². The lowest BCUT2D eigenvalue weighted by molar-refractivity contribution is -0.131. The molecule has 2 aromatic carbocycles. The lowest BCUT2D eigenvalue weighted by Gasteiger charge is -2.41. The van der Waals surface area contributed by atoms with Crippen molar-refractivity contribution < 1.29 is 43.2 Å². The molecule has 38 heavy (non-hydrogen) atoms. The summed E-state index contributed by atoms with van der Waals surface area (Å²) in [6.07, 6.45) is 0.109. The number of fused-ring (bicyclic) bond motifs is 1. The second kappa shape index (κ2) is 9.13. The highest BCUT2D eigenvalue weighted by Crippen LogP contribution is 2.55. The molecule has 1 amide bonds. The number of hydrogen-bond donors (Lipinski definition) is 2. The topological polar surface area (TPSA) is 130 Å². The standard InChI is InChI=1S/C27H26ClNO9/c1-11-6-14-20(13(9-19(30)29-14)12-7-17(36-4)23(31)18(8-12)37-5)25(32)27(11)26(33)21-15(34-2)10-16(35-3)22(28)24(21)38-27/h7-8,10-11,13,31H,6,9H2,1-5H3,(H,29,30)/t11-,13?,27+/m1/s1. The van der Waals surface area contributed by atoms with Gasteiger partial charge in [0.2, 0.25) is 28.8 Å². The van der Waals surface area contributed by atoms with Crippen molar-refractivity contribution in [3.8, 4) is 34.5 Å². The Labute approximate surface area is 223 Å². The smallest absolute Gasteiger partial charge is 0.236 e. The summed E-state index contributed by atoms with van der Waals surface area (Å²) in [7, 11) is 5.58. The minimum Gasteiger partial charge on any atom is -0.502 e. The summed E-state index contributed by atoms with van der Waals surface area (Å²) in [6.45, 7) is 1.71. The van der Waals surface area contributed by atoms with Gasteiger partial charge in [0.05, 0.1) is 28.4 Å². The van der Waals surface area contributed by atoms with E-state index in [9.17, 15) is 19.5 Å². The molecule has 200 valence electrons. The highest BCUT2D eigenvalue weighted by molar-refractivity contribution is 6.36. The number of amides is 1. The molecule has 0 saturated heterocycles. The molecule has 2 aromatic rings. The summed E-state index contributed by atoms with van der Waals surface area (Å²) in [4.78, 5) is 41.2. The van der Waals surface area contributed by atoms with Gasteiger partial charge >= 0.3 is 0 Å². The van der Waals surface area contributed by atoms with E-state index in [0.29, 0.717) is 11.3 Å². The Morgan fingerprint density at radius 1 is 0.921 bits per heavy atom. The molecule has 0 fully saturated rings. The van der Waals surface area contributed by atoms with E-state index in [2.05, 4.69) is 5.32 Å². The van der Waals surface area contributed by atoms with Crippen LogP contribution in [-0.4, -0.2) is 56.6 Å². The van der Waals surface area contributed by atoms with Gasteiger partial charge in [-0.15, -0.1) is 0 Å². The number of nitrogens with one attached hydrogen (secondary N) is 1. The van der Waals surface area contributed by atoms with E-state index in [4.69, 9.17) is 35.3 Å². The zero-order valence-corrected chi connectivity index (χ0v) is 22.1. The number of rotatable bonds is 5. The predicted octanol–water partition coefficient (Wildman–Crippen LogP) is 3.56. The van der Waals surface area contributed by atoms with Crippen molar-refractivity contribution in [1.29, 1.82) is 0 Å². The second-order valence-corrected chi connectivity index (χ2v) is 9.75. The van der Waals surface area contributed by atoms with Crippen LogP contribution in [0.5, 0.6) is 34.5 Å². The molecule has 5 rings (SSSR count). The monoisotopic (exact) mass is 543 g/mol. The summed E-state index contributed by atoms with van der Waals surface area (Å²) in [5, 5.41) is 13.3. The second-order valence-electron chi connectivity index (χ2n) is 9.37. The van der Waals surface area contributed by atoms with E-state index in [1.165, 1.54) is 34.5 Å². The van der Waals surface area contributed by atoms with Crippen LogP contribution in [0.3, 0.4) is 0 Å². The van der Waals surface area contributed by atoms with Crippen LogP contribution in [0.2, 0.25) is 5.02 Å². The predicted molar refractivity (Wildman–Crippen MR) is 135 cm³/mol. The first-order valence-corrected chi connectivity index (χ1v) is 12.2. The van der Waals surface area contributed by atoms with Gasteiger partial charge in [-0.3, -0.25) is 14.4 Å². The first kappa shape index (κ1) is 25.7. The van der Waals surface area contributed by atoms with E-state index >= 15 is 0 Å². The first-order chi connectivity index (χ1) is 18.1. The van der Waals surface area contributed by atoms with Crippen LogP contribution in [0, 0.1) is 5.92 Å². The molecule has 3 aliphatic rings. The van der Waals surface area contributed by atoms with Gasteiger partial charge in [-0.25, -0.2) is 0 Å². The van der Waals surface area contributed by atoms with Gasteiger partial charge < -0.3 is 34.1 Å². The molecule has 1 unspecified atom stereocenters. The largest absolute Gasteiger partial charge is 0.502 e. The Morgan fingerprint density at radius 2 is 1.53 bits per heavy atom. The number of hydrogen-bond acceptors (Lipinski definition) is 9. The summed E-state index contributed by atoms with van der Waals surface area (Å²) in [6, 6.07) is 4.56. The zero-order valence-electron chi connectivity index (χ0n) is 21.4. The Balaban J connectivity index is 1.68. The fourth-order valence-corrected chi connectivity index (χ4v) is 5.85. The average molecular weight is 544 g/mol. The van der Waals surface area contributed by atoms with Crippen LogP contribution in [0.1, 0.15) is 41.6 Å². The van der Waals surface area contributed by atoms with Gasteiger partial charge in [0, 0.05) is 35.6 Å². The average Bonchev–Trinajstić information content (AvgIpc) is 3.22. The minimum atomic E-state index is -1.92. The lowest BCUT2D eigenvalue weighted by Crippen LogP contribution is -2.59. The van der Waals surface area contributed by atoms with Gasteiger partial charge in [-0.05, 0) is 24.1 Å². The summed E-state index contributed by atoms with van der Waals surface area (Å²) < 4.78 is 27.6. The fraction of sp³-hybridized carbons (Fsp3) is 0.370. The molecule has 3 atom stereocenters. The van der Waals surface area contributed by atoms with Crippen molar-refractivity contribution in [3.05, 3.63) is 45.6 Å². The fourth-order valence-electron chi connectivity index (χ4n) is 5.59. The summed E-state index contributed by atoms with van der Waals surface area (Å²) >= 11 is 6.52. The van der Waals surface area contributed by atoms with Gasteiger partial charge in [-0.2, -0.15) is 0 Å². The molecule has 0 saturated carbocycles. The van der Waals surface area contributed by atoms with Gasteiger partial charge in [0.15, 0.2) is 17.2 Å². The Kier molecular flexibility index (Phi) is 6.18. The number of phenols is 1. The summed E-state index contributed by atoms with van der Waals surface area (Å²) in [5.74, 6) is -2.42. The van der Waals surface area contributed by atoms with Crippen molar-refractivity contribution in [2.24, 2.45) is 5.92 Å². The van der Waals surface area contributed by atoms with Gasteiger partial charge in [0.25, 0.3) is 0 Å².